The molecule has 4 nitrogen and oxygen atoms in total. The molecule has 0 saturated carbocycles. The zero-order valence-corrected chi connectivity index (χ0v) is 8.23. The molecule has 1 aromatic heterocycles. The van der Waals surface area contributed by atoms with Crippen LogP contribution in [0.2, 0.25) is 0 Å². The molecular formula is C11H12N2O2. The lowest BCUT2D eigenvalue weighted by Gasteiger charge is -2.16. The van der Waals surface area contributed by atoms with Crippen LogP contribution in [0.1, 0.15) is 18.4 Å². The van der Waals surface area contributed by atoms with E-state index in [0.29, 0.717) is 24.1 Å². The number of aliphatic hydroxyl groups is 1. The Morgan fingerprint density at radius 2 is 2.40 bits per heavy atom. The monoisotopic (exact) mass is 204 g/mol. The molecule has 2 heterocycles. The minimum absolute atomic E-state index is 0.0419. The van der Waals surface area contributed by atoms with E-state index in [9.17, 15) is 9.90 Å². The maximum Gasteiger partial charge on any atom is 0.250 e. The van der Waals surface area contributed by atoms with Crippen molar-refractivity contribution in [2.24, 2.45) is 0 Å². The molecule has 1 saturated heterocycles. The van der Waals surface area contributed by atoms with Crippen molar-refractivity contribution in [1.82, 2.24) is 10.3 Å². The predicted molar refractivity (Wildman–Crippen MR) is 56.0 cm³/mol. The van der Waals surface area contributed by atoms with Gasteiger partial charge in [-0.05, 0) is 25.0 Å². The Balaban J connectivity index is 2.35. The van der Waals surface area contributed by atoms with Crippen LogP contribution in [-0.4, -0.2) is 22.5 Å². The van der Waals surface area contributed by atoms with E-state index >= 15 is 0 Å². The molecule has 0 aliphatic carbocycles. The molecule has 1 aliphatic heterocycles. The fourth-order valence-electron chi connectivity index (χ4n) is 1.59. The number of hydrogen-bond acceptors (Lipinski definition) is 3. The molecule has 78 valence electrons. The molecule has 0 radical (unpaired) electrons. The summed E-state index contributed by atoms with van der Waals surface area (Å²) in [5, 5.41) is 12.6. The van der Waals surface area contributed by atoms with Gasteiger partial charge in [-0.1, -0.05) is 0 Å². The fourth-order valence-corrected chi connectivity index (χ4v) is 1.59. The van der Waals surface area contributed by atoms with Crippen LogP contribution in [0.3, 0.4) is 0 Å². The third-order valence-electron chi connectivity index (χ3n) is 2.38. The Kier molecular flexibility index (Phi) is 2.67. The number of piperidine rings is 1. The highest BCUT2D eigenvalue weighted by atomic mass is 16.3. The lowest BCUT2D eigenvalue weighted by molar-refractivity contribution is -0.118. The van der Waals surface area contributed by atoms with Crippen molar-refractivity contribution in [3.63, 3.8) is 0 Å². The van der Waals surface area contributed by atoms with Gasteiger partial charge in [0, 0.05) is 24.5 Å². The second-order valence-electron chi connectivity index (χ2n) is 3.43. The van der Waals surface area contributed by atoms with Gasteiger partial charge in [-0.15, -0.1) is 0 Å². The van der Waals surface area contributed by atoms with Crippen molar-refractivity contribution < 1.29 is 9.90 Å². The highest BCUT2D eigenvalue weighted by Gasteiger charge is 2.19. The first-order valence-corrected chi connectivity index (χ1v) is 4.90. The van der Waals surface area contributed by atoms with Crippen LogP contribution in [0.25, 0.3) is 5.76 Å². The maximum absolute atomic E-state index is 11.5. The third-order valence-corrected chi connectivity index (χ3v) is 2.38. The largest absolute Gasteiger partial charge is 0.507 e. The SMILES string of the molecule is O=C1NCCC/C1=C(/O)c1cccnc1. The first kappa shape index (κ1) is 9.71. The zero-order valence-electron chi connectivity index (χ0n) is 8.23. The van der Waals surface area contributed by atoms with Crippen LogP contribution < -0.4 is 5.32 Å². The first-order valence-electron chi connectivity index (χ1n) is 4.90. The van der Waals surface area contributed by atoms with Gasteiger partial charge in [0.2, 0.25) is 0 Å². The molecule has 1 aromatic rings. The highest BCUT2D eigenvalue weighted by Crippen LogP contribution is 2.20. The van der Waals surface area contributed by atoms with E-state index in [-0.39, 0.29) is 11.7 Å². The van der Waals surface area contributed by atoms with Gasteiger partial charge in [-0.2, -0.15) is 0 Å². The molecule has 0 bridgehead atoms. The Morgan fingerprint density at radius 1 is 1.53 bits per heavy atom. The second kappa shape index (κ2) is 4.13. The van der Waals surface area contributed by atoms with Gasteiger partial charge in [-0.25, -0.2) is 0 Å². The van der Waals surface area contributed by atoms with Crippen molar-refractivity contribution >= 4 is 11.7 Å². The van der Waals surface area contributed by atoms with E-state index in [1.807, 2.05) is 0 Å². The molecule has 2 rings (SSSR count). The van der Waals surface area contributed by atoms with Gasteiger partial charge >= 0.3 is 0 Å². The number of aromatic nitrogens is 1. The summed E-state index contributed by atoms with van der Waals surface area (Å²) in [5.41, 5.74) is 1.04. The maximum atomic E-state index is 11.5. The van der Waals surface area contributed by atoms with Crippen molar-refractivity contribution in [2.75, 3.05) is 6.54 Å². The summed E-state index contributed by atoms with van der Waals surface area (Å²) >= 11 is 0. The molecule has 0 spiro atoms. The van der Waals surface area contributed by atoms with E-state index < -0.39 is 0 Å². The number of pyridine rings is 1. The minimum Gasteiger partial charge on any atom is -0.507 e. The standard InChI is InChI=1S/C11H12N2O2/c14-10(8-3-1-5-12-7-8)9-4-2-6-13-11(9)15/h1,3,5,7,14H,2,4,6H2,(H,13,15)/b10-9-. The molecule has 15 heavy (non-hydrogen) atoms. The van der Waals surface area contributed by atoms with Crippen LogP contribution >= 0.6 is 0 Å². The molecule has 0 aromatic carbocycles. The quantitative estimate of drug-likeness (QED) is 0.534. The Hall–Kier alpha value is -1.84. The number of carbonyl (C=O) groups is 1. The minimum atomic E-state index is -0.178. The Morgan fingerprint density at radius 3 is 3.07 bits per heavy atom. The number of nitrogens with one attached hydrogen (secondary N) is 1. The Bertz CT molecular complexity index is 398. The number of aliphatic hydroxyl groups excluding tert-OH is 1. The smallest absolute Gasteiger partial charge is 0.250 e. The Labute approximate surface area is 87.7 Å². The summed E-state index contributed by atoms with van der Waals surface area (Å²) < 4.78 is 0. The van der Waals surface area contributed by atoms with Gasteiger partial charge in [0.15, 0.2) is 0 Å². The van der Waals surface area contributed by atoms with Gasteiger partial charge in [0.05, 0.1) is 5.57 Å². The van der Waals surface area contributed by atoms with E-state index in [1.165, 1.54) is 0 Å². The zero-order chi connectivity index (χ0) is 10.7. The summed E-state index contributed by atoms with van der Waals surface area (Å²) in [7, 11) is 0. The lowest BCUT2D eigenvalue weighted by Crippen LogP contribution is -2.31. The lowest BCUT2D eigenvalue weighted by atomic mass is 10.0. The molecule has 0 unspecified atom stereocenters. The molecular weight excluding hydrogens is 192 g/mol. The van der Waals surface area contributed by atoms with Crippen LogP contribution in [0.5, 0.6) is 0 Å². The van der Waals surface area contributed by atoms with E-state index in [1.54, 1.807) is 24.5 Å². The summed E-state index contributed by atoms with van der Waals surface area (Å²) in [6, 6.07) is 3.46. The number of nitrogens with zero attached hydrogens (tertiary/aromatic N) is 1. The first-order chi connectivity index (χ1) is 7.29. The van der Waals surface area contributed by atoms with Crippen molar-refractivity contribution in [3.05, 3.63) is 35.7 Å². The van der Waals surface area contributed by atoms with Crippen LogP contribution in [0.4, 0.5) is 0 Å². The number of rotatable bonds is 1. The number of hydrogen-bond donors (Lipinski definition) is 2. The molecule has 0 atom stereocenters. The molecule has 1 amide bonds. The molecule has 1 fully saturated rings. The molecule has 4 heteroatoms. The fraction of sp³-hybridized carbons (Fsp3) is 0.273. The van der Waals surface area contributed by atoms with E-state index in [0.717, 1.165) is 6.42 Å². The van der Waals surface area contributed by atoms with Gasteiger partial charge in [0.1, 0.15) is 5.76 Å². The van der Waals surface area contributed by atoms with Crippen molar-refractivity contribution in [2.45, 2.75) is 12.8 Å². The molecule has 1 aliphatic rings. The number of carbonyl (C=O) groups excluding carboxylic acids is 1. The summed E-state index contributed by atoms with van der Waals surface area (Å²) in [6.45, 7) is 0.683. The normalized spacial score (nSPS) is 19.6. The number of amides is 1. The summed E-state index contributed by atoms with van der Waals surface area (Å²) in [6.07, 6.45) is 4.66. The summed E-state index contributed by atoms with van der Waals surface area (Å²) in [4.78, 5) is 15.4. The summed E-state index contributed by atoms with van der Waals surface area (Å²) in [5.74, 6) is -0.136. The van der Waals surface area contributed by atoms with Crippen LogP contribution in [0.15, 0.2) is 30.1 Å². The van der Waals surface area contributed by atoms with Gasteiger partial charge in [-0.3, -0.25) is 9.78 Å². The second-order valence-corrected chi connectivity index (χ2v) is 3.43. The third kappa shape index (κ3) is 1.98. The van der Waals surface area contributed by atoms with E-state index in [2.05, 4.69) is 10.3 Å². The topological polar surface area (TPSA) is 62.2 Å². The average molecular weight is 204 g/mol. The van der Waals surface area contributed by atoms with Gasteiger partial charge < -0.3 is 10.4 Å². The highest BCUT2D eigenvalue weighted by molar-refractivity contribution is 6.00. The molecule has 2 N–H and O–H groups in total. The van der Waals surface area contributed by atoms with Crippen molar-refractivity contribution in [1.29, 1.82) is 0 Å². The van der Waals surface area contributed by atoms with Crippen LogP contribution in [-0.2, 0) is 4.79 Å². The van der Waals surface area contributed by atoms with E-state index in [4.69, 9.17) is 0 Å². The van der Waals surface area contributed by atoms with Crippen molar-refractivity contribution in [3.8, 4) is 0 Å². The van der Waals surface area contributed by atoms with Gasteiger partial charge in [0.25, 0.3) is 5.91 Å². The average Bonchev–Trinajstić information content (AvgIpc) is 2.30. The van der Waals surface area contributed by atoms with Crippen LogP contribution in [0, 0.1) is 0 Å². The predicted octanol–water partition coefficient (Wildman–Crippen LogP) is 1.26.